The van der Waals surface area contributed by atoms with E-state index in [1.807, 2.05) is 12.1 Å². The Bertz CT molecular complexity index is 958. The first-order chi connectivity index (χ1) is 12.4. The lowest BCUT2D eigenvalue weighted by atomic mass is 10.1. The van der Waals surface area contributed by atoms with Gasteiger partial charge in [0.05, 0.1) is 24.0 Å². The predicted octanol–water partition coefficient (Wildman–Crippen LogP) is 3.49. The molecule has 0 aliphatic heterocycles. The maximum absolute atomic E-state index is 13.2. The smallest absolute Gasteiger partial charge is 0.229 e. The van der Waals surface area contributed by atoms with Crippen LogP contribution in [0.5, 0.6) is 0 Å². The van der Waals surface area contributed by atoms with Crippen molar-refractivity contribution in [1.29, 1.82) is 0 Å². The minimum absolute atomic E-state index is 0.0992. The normalized spacial score (nSPS) is 10.6. The molecular weight excluding hydrogens is 338 g/mol. The molecule has 1 aromatic heterocycles. The molecule has 0 saturated heterocycles. The number of carbonyl (C=O) groups excluding carboxylic acids is 1. The fourth-order valence-corrected chi connectivity index (χ4v) is 2.41. The van der Waals surface area contributed by atoms with Crippen molar-refractivity contribution < 1.29 is 13.6 Å². The number of hydrogen-bond acceptors (Lipinski definition) is 4. The maximum Gasteiger partial charge on any atom is 0.229 e. The fraction of sp³-hybridized carbons (Fsp3) is 0.105. The van der Waals surface area contributed by atoms with Gasteiger partial charge in [-0.2, -0.15) is 0 Å². The van der Waals surface area contributed by atoms with Gasteiger partial charge in [0.2, 0.25) is 5.91 Å². The van der Waals surface area contributed by atoms with Gasteiger partial charge in [-0.25, -0.2) is 18.7 Å². The van der Waals surface area contributed by atoms with Crippen LogP contribution in [0.1, 0.15) is 11.3 Å². The molecule has 0 saturated carbocycles. The molecule has 2 aromatic carbocycles. The average molecular weight is 354 g/mol. The van der Waals surface area contributed by atoms with E-state index in [0.717, 1.165) is 17.7 Å². The molecule has 26 heavy (non-hydrogen) atoms. The van der Waals surface area contributed by atoms with Crippen molar-refractivity contribution in [3.8, 4) is 11.3 Å². The third-order valence-electron chi connectivity index (χ3n) is 3.76. The van der Waals surface area contributed by atoms with Crippen LogP contribution >= 0.6 is 0 Å². The number of amides is 1. The third kappa shape index (κ3) is 4.00. The lowest BCUT2D eigenvalue weighted by Crippen LogP contribution is -2.17. The van der Waals surface area contributed by atoms with Crippen molar-refractivity contribution in [2.24, 2.45) is 0 Å². The van der Waals surface area contributed by atoms with Crippen molar-refractivity contribution in [3.05, 3.63) is 71.6 Å². The van der Waals surface area contributed by atoms with Gasteiger partial charge in [0.15, 0.2) is 17.5 Å². The lowest BCUT2D eigenvalue weighted by Gasteiger charge is -2.09. The van der Waals surface area contributed by atoms with Crippen molar-refractivity contribution >= 4 is 17.4 Å². The van der Waals surface area contributed by atoms with Crippen molar-refractivity contribution in [1.82, 2.24) is 9.97 Å². The van der Waals surface area contributed by atoms with Crippen molar-refractivity contribution in [3.63, 3.8) is 0 Å². The second kappa shape index (κ2) is 7.26. The Hall–Kier alpha value is -3.35. The fourth-order valence-electron chi connectivity index (χ4n) is 2.41. The van der Waals surface area contributed by atoms with Gasteiger partial charge in [-0.3, -0.25) is 4.79 Å². The van der Waals surface area contributed by atoms with E-state index < -0.39 is 17.5 Å². The highest BCUT2D eigenvalue weighted by atomic mass is 19.2. The Morgan fingerprint density at radius 2 is 1.85 bits per heavy atom. The zero-order chi connectivity index (χ0) is 18.7. The molecule has 0 fully saturated rings. The van der Waals surface area contributed by atoms with E-state index in [1.54, 1.807) is 25.3 Å². The van der Waals surface area contributed by atoms with Gasteiger partial charge in [-0.15, -0.1) is 0 Å². The molecule has 3 rings (SSSR count). The highest BCUT2D eigenvalue weighted by Crippen LogP contribution is 2.20. The van der Waals surface area contributed by atoms with E-state index in [2.05, 4.69) is 15.3 Å². The van der Waals surface area contributed by atoms with Crippen LogP contribution in [-0.4, -0.2) is 15.9 Å². The summed E-state index contributed by atoms with van der Waals surface area (Å²) in [6.07, 6.45) is 1.45. The molecule has 0 aliphatic rings. The largest absolute Gasteiger partial charge is 0.399 e. The van der Waals surface area contributed by atoms with Gasteiger partial charge in [-0.1, -0.05) is 18.2 Å². The summed E-state index contributed by atoms with van der Waals surface area (Å²) in [7, 11) is 0. The van der Waals surface area contributed by atoms with E-state index in [1.165, 1.54) is 6.07 Å². The molecule has 0 aliphatic carbocycles. The summed E-state index contributed by atoms with van der Waals surface area (Å²) in [6.45, 7) is 1.72. The van der Waals surface area contributed by atoms with Crippen molar-refractivity contribution in [2.45, 2.75) is 13.3 Å². The first-order valence-electron chi connectivity index (χ1n) is 7.85. The zero-order valence-corrected chi connectivity index (χ0v) is 14.0. The molecule has 0 spiro atoms. The van der Waals surface area contributed by atoms with E-state index in [9.17, 15) is 13.6 Å². The van der Waals surface area contributed by atoms with E-state index in [0.29, 0.717) is 28.5 Å². The summed E-state index contributed by atoms with van der Waals surface area (Å²) >= 11 is 0. The quantitative estimate of drug-likeness (QED) is 0.703. The monoisotopic (exact) mass is 354 g/mol. The molecule has 1 heterocycles. The first kappa shape index (κ1) is 17.5. The minimum Gasteiger partial charge on any atom is -0.399 e. The van der Waals surface area contributed by atoms with Crippen LogP contribution in [0.25, 0.3) is 11.3 Å². The molecule has 1 amide bonds. The van der Waals surface area contributed by atoms with Gasteiger partial charge >= 0.3 is 0 Å². The van der Waals surface area contributed by atoms with Gasteiger partial charge in [-0.05, 0) is 36.8 Å². The number of nitrogens with two attached hydrogens (primary N) is 1. The van der Waals surface area contributed by atoms with Crippen LogP contribution in [0.3, 0.4) is 0 Å². The van der Waals surface area contributed by atoms with Crippen LogP contribution in [0.2, 0.25) is 0 Å². The minimum atomic E-state index is -0.987. The molecule has 3 N–H and O–H groups in total. The molecule has 0 unspecified atom stereocenters. The van der Waals surface area contributed by atoms with Gasteiger partial charge in [0, 0.05) is 11.3 Å². The molecule has 0 bridgehead atoms. The number of benzene rings is 2. The van der Waals surface area contributed by atoms with E-state index in [-0.39, 0.29) is 6.42 Å². The topological polar surface area (TPSA) is 80.9 Å². The van der Waals surface area contributed by atoms with E-state index >= 15 is 0 Å². The zero-order valence-electron chi connectivity index (χ0n) is 14.0. The number of halogens is 2. The Morgan fingerprint density at radius 3 is 2.50 bits per heavy atom. The number of anilines is 2. The maximum atomic E-state index is 13.2. The summed E-state index contributed by atoms with van der Waals surface area (Å²) in [5.74, 6) is -2.02. The van der Waals surface area contributed by atoms with Gasteiger partial charge < -0.3 is 11.1 Å². The molecule has 132 valence electrons. The Balaban J connectivity index is 1.72. The predicted molar refractivity (Wildman–Crippen MR) is 95.3 cm³/mol. The summed E-state index contributed by atoms with van der Waals surface area (Å²) in [5.41, 5.74) is 8.73. The number of carbonyl (C=O) groups is 1. The standard InChI is InChI=1S/C19H16F2N4O/c1-11-19(23-10-17(24-11)13-3-5-14(22)6-4-13)25-18(26)9-12-2-7-15(20)16(21)8-12/h2-8,10H,9,22H2,1H3,(H,23,25,26). The SMILES string of the molecule is Cc1nc(-c2ccc(N)cc2)cnc1NC(=O)Cc1ccc(F)c(F)c1. The van der Waals surface area contributed by atoms with Crippen LogP contribution in [0, 0.1) is 18.6 Å². The van der Waals surface area contributed by atoms with Gasteiger partial charge in [0.25, 0.3) is 0 Å². The molecule has 0 atom stereocenters. The first-order valence-corrected chi connectivity index (χ1v) is 7.85. The summed E-state index contributed by atoms with van der Waals surface area (Å²) in [6, 6.07) is 10.6. The summed E-state index contributed by atoms with van der Waals surface area (Å²) < 4.78 is 26.1. The van der Waals surface area contributed by atoms with Crippen molar-refractivity contribution in [2.75, 3.05) is 11.1 Å². The second-order valence-electron chi connectivity index (χ2n) is 5.78. The van der Waals surface area contributed by atoms with Crippen LogP contribution in [0.4, 0.5) is 20.3 Å². The van der Waals surface area contributed by atoms with Crippen LogP contribution < -0.4 is 11.1 Å². The number of nitrogen functional groups attached to an aromatic ring is 1. The van der Waals surface area contributed by atoms with Crippen LogP contribution in [0.15, 0.2) is 48.7 Å². The number of nitrogens with zero attached hydrogens (tertiary/aromatic N) is 2. The number of rotatable bonds is 4. The number of nitrogens with one attached hydrogen (secondary N) is 1. The third-order valence-corrected chi connectivity index (χ3v) is 3.76. The Kier molecular flexibility index (Phi) is 4.88. The molecule has 7 heteroatoms. The highest BCUT2D eigenvalue weighted by Gasteiger charge is 2.11. The average Bonchev–Trinajstić information content (AvgIpc) is 2.60. The number of aryl methyl sites for hydroxylation is 1. The van der Waals surface area contributed by atoms with E-state index in [4.69, 9.17) is 5.73 Å². The Labute approximate surface area is 148 Å². The molecular formula is C19H16F2N4O. The van der Waals surface area contributed by atoms with Gasteiger partial charge in [0.1, 0.15) is 0 Å². The summed E-state index contributed by atoms with van der Waals surface area (Å²) in [4.78, 5) is 20.8. The molecule has 0 radical (unpaired) electrons. The van der Waals surface area contributed by atoms with Crippen LogP contribution in [-0.2, 0) is 11.2 Å². The highest BCUT2D eigenvalue weighted by molar-refractivity contribution is 5.91. The Morgan fingerprint density at radius 1 is 1.12 bits per heavy atom. The number of hydrogen-bond donors (Lipinski definition) is 2. The second-order valence-corrected chi connectivity index (χ2v) is 5.78. The number of aromatic nitrogens is 2. The summed E-state index contributed by atoms with van der Waals surface area (Å²) in [5, 5.41) is 2.63. The molecule has 3 aromatic rings. The lowest BCUT2D eigenvalue weighted by molar-refractivity contribution is -0.115. The molecule has 5 nitrogen and oxygen atoms in total.